The van der Waals surface area contributed by atoms with Gasteiger partial charge >= 0.3 is 0 Å². The summed E-state index contributed by atoms with van der Waals surface area (Å²) >= 11 is 0. The lowest BCUT2D eigenvalue weighted by molar-refractivity contribution is 0.786. The normalized spacial score (nSPS) is 11.7. The highest BCUT2D eigenvalue weighted by Crippen LogP contribution is 2.05. The largest absolute Gasteiger partial charge is 0.323 e. The highest BCUT2D eigenvalue weighted by molar-refractivity contribution is 5.26. The Kier molecular flexibility index (Phi) is 3.24. The molecule has 0 aliphatic heterocycles. The molecule has 1 rings (SSSR count). The Labute approximate surface area is 78.3 Å². The predicted octanol–water partition coefficient (Wildman–Crippen LogP) is 1.64. The zero-order chi connectivity index (χ0) is 9.68. The molecule has 0 spiro atoms. The number of nitrogens with zero attached hydrogens (tertiary/aromatic N) is 1. The molecule has 0 aliphatic carbocycles. The van der Waals surface area contributed by atoms with Gasteiger partial charge in [0, 0.05) is 11.6 Å². The molecule has 1 unspecified atom stereocenters. The number of hydrogen-bond donors (Lipinski definition) is 1. The Morgan fingerprint density at radius 1 is 1.46 bits per heavy atom. The summed E-state index contributed by atoms with van der Waals surface area (Å²) in [6.45, 7) is 3.58. The zero-order valence-corrected chi connectivity index (χ0v) is 7.40. The molecule has 2 heteroatoms. The van der Waals surface area contributed by atoms with Gasteiger partial charge in [0.15, 0.2) is 0 Å². The van der Waals surface area contributed by atoms with Gasteiger partial charge in [0.05, 0.1) is 6.07 Å². The molecule has 1 atom stereocenters. The van der Waals surface area contributed by atoms with Crippen LogP contribution in [0.4, 0.5) is 0 Å². The molecule has 2 nitrogen and oxygen atoms in total. The maximum absolute atomic E-state index is 8.55. The van der Waals surface area contributed by atoms with Crippen LogP contribution in [0.1, 0.15) is 5.56 Å². The maximum atomic E-state index is 8.55. The monoisotopic (exact) mass is 172 g/mol. The molecule has 0 saturated carbocycles. The smallest absolute Gasteiger partial charge is 0.0957 e. The van der Waals surface area contributed by atoms with Gasteiger partial charge in [-0.25, -0.2) is 0 Å². The van der Waals surface area contributed by atoms with E-state index in [1.807, 2.05) is 36.4 Å². The molecule has 0 aliphatic rings. The standard InChI is InChI=1S/C11H12N2/c1-9(8-12)11(13)7-10-5-3-2-4-6-10/h2-6,11H,1,7,13H2. The van der Waals surface area contributed by atoms with Crippen molar-refractivity contribution < 1.29 is 0 Å². The van der Waals surface area contributed by atoms with E-state index in [2.05, 4.69) is 6.58 Å². The van der Waals surface area contributed by atoms with Crippen molar-refractivity contribution in [3.8, 4) is 6.07 Å². The summed E-state index contributed by atoms with van der Waals surface area (Å²) < 4.78 is 0. The van der Waals surface area contributed by atoms with Crippen molar-refractivity contribution >= 4 is 0 Å². The average Bonchev–Trinajstić information content (AvgIpc) is 2.18. The molecule has 0 bridgehead atoms. The van der Waals surface area contributed by atoms with Crippen molar-refractivity contribution in [2.75, 3.05) is 0 Å². The van der Waals surface area contributed by atoms with Crippen LogP contribution in [0.2, 0.25) is 0 Å². The maximum Gasteiger partial charge on any atom is 0.0957 e. The van der Waals surface area contributed by atoms with Gasteiger partial charge in [-0.3, -0.25) is 0 Å². The topological polar surface area (TPSA) is 49.8 Å². The second-order valence-electron chi connectivity index (χ2n) is 2.93. The lowest BCUT2D eigenvalue weighted by Crippen LogP contribution is -2.24. The third kappa shape index (κ3) is 2.73. The van der Waals surface area contributed by atoms with Crippen LogP contribution in [0, 0.1) is 11.3 Å². The minimum Gasteiger partial charge on any atom is -0.323 e. The van der Waals surface area contributed by atoms with E-state index in [0.29, 0.717) is 12.0 Å². The Morgan fingerprint density at radius 2 is 2.08 bits per heavy atom. The van der Waals surface area contributed by atoms with E-state index < -0.39 is 0 Å². The van der Waals surface area contributed by atoms with Crippen LogP contribution in [0.25, 0.3) is 0 Å². The lowest BCUT2D eigenvalue weighted by Gasteiger charge is -2.08. The highest BCUT2D eigenvalue weighted by atomic mass is 14.6. The summed E-state index contributed by atoms with van der Waals surface area (Å²) in [6.07, 6.45) is 0.674. The van der Waals surface area contributed by atoms with Crippen molar-refractivity contribution in [3.05, 3.63) is 48.0 Å². The summed E-state index contributed by atoms with van der Waals surface area (Å²) in [6, 6.07) is 11.6. The molecule has 2 N–H and O–H groups in total. The molecule has 0 amide bonds. The van der Waals surface area contributed by atoms with Crippen LogP contribution in [-0.4, -0.2) is 6.04 Å². The lowest BCUT2D eigenvalue weighted by atomic mass is 10.0. The van der Waals surface area contributed by atoms with Gasteiger partial charge in [-0.2, -0.15) is 5.26 Å². The first kappa shape index (κ1) is 9.50. The molecule has 0 saturated heterocycles. The average molecular weight is 172 g/mol. The molecule has 0 aromatic heterocycles. The first-order valence-electron chi connectivity index (χ1n) is 4.12. The van der Waals surface area contributed by atoms with Gasteiger partial charge < -0.3 is 5.73 Å². The van der Waals surface area contributed by atoms with Crippen LogP contribution in [0.15, 0.2) is 42.5 Å². The van der Waals surface area contributed by atoms with Crippen molar-refractivity contribution in [3.63, 3.8) is 0 Å². The summed E-state index contributed by atoms with van der Waals surface area (Å²) in [5.41, 5.74) is 7.30. The van der Waals surface area contributed by atoms with Gasteiger partial charge in [0.1, 0.15) is 0 Å². The number of hydrogen-bond acceptors (Lipinski definition) is 2. The number of nitrogens with two attached hydrogens (primary N) is 1. The summed E-state index contributed by atoms with van der Waals surface area (Å²) in [5, 5.41) is 8.55. The highest BCUT2D eigenvalue weighted by Gasteiger charge is 2.06. The van der Waals surface area contributed by atoms with Crippen LogP contribution in [-0.2, 0) is 6.42 Å². The Bertz CT molecular complexity index is 322. The molecule has 0 radical (unpaired) electrons. The first-order chi connectivity index (χ1) is 6.24. The Morgan fingerprint density at radius 3 is 2.62 bits per heavy atom. The van der Waals surface area contributed by atoms with E-state index in [4.69, 9.17) is 11.0 Å². The Hall–Kier alpha value is -1.59. The fourth-order valence-electron chi connectivity index (χ4n) is 1.07. The molecular formula is C11H12N2. The number of nitriles is 1. The van der Waals surface area contributed by atoms with Crippen LogP contribution in [0.5, 0.6) is 0 Å². The number of rotatable bonds is 3. The van der Waals surface area contributed by atoms with Gasteiger partial charge in [0.2, 0.25) is 0 Å². The van der Waals surface area contributed by atoms with Gasteiger partial charge in [-0.15, -0.1) is 0 Å². The fourth-order valence-corrected chi connectivity index (χ4v) is 1.07. The number of benzene rings is 1. The first-order valence-corrected chi connectivity index (χ1v) is 4.12. The third-order valence-corrected chi connectivity index (χ3v) is 1.89. The molecular weight excluding hydrogens is 160 g/mol. The minimum absolute atomic E-state index is 0.257. The zero-order valence-electron chi connectivity index (χ0n) is 7.40. The molecule has 66 valence electrons. The van der Waals surface area contributed by atoms with E-state index in [1.54, 1.807) is 0 Å². The Balaban J connectivity index is 2.61. The van der Waals surface area contributed by atoms with E-state index in [0.717, 1.165) is 5.56 Å². The predicted molar refractivity (Wildman–Crippen MR) is 52.9 cm³/mol. The minimum atomic E-state index is -0.257. The van der Waals surface area contributed by atoms with E-state index in [-0.39, 0.29) is 6.04 Å². The summed E-state index contributed by atoms with van der Waals surface area (Å²) in [7, 11) is 0. The van der Waals surface area contributed by atoms with E-state index in [9.17, 15) is 0 Å². The summed E-state index contributed by atoms with van der Waals surface area (Å²) in [4.78, 5) is 0. The fraction of sp³-hybridized carbons (Fsp3) is 0.182. The van der Waals surface area contributed by atoms with Crippen molar-refractivity contribution in [1.82, 2.24) is 0 Å². The van der Waals surface area contributed by atoms with Crippen LogP contribution >= 0.6 is 0 Å². The van der Waals surface area contributed by atoms with Gasteiger partial charge in [-0.1, -0.05) is 36.9 Å². The SMILES string of the molecule is C=C(C#N)C(N)Cc1ccccc1. The molecule has 13 heavy (non-hydrogen) atoms. The third-order valence-electron chi connectivity index (χ3n) is 1.89. The van der Waals surface area contributed by atoms with Crippen molar-refractivity contribution in [1.29, 1.82) is 5.26 Å². The van der Waals surface area contributed by atoms with Crippen molar-refractivity contribution in [2.24, 2.45) is 5.73 Å². The molecule has 1 aromatic carbocycles. The van der Waals surface area contributed by atoms with Gasteiger partial charge in [-0.05, 0) is 12.0 Å². The molecule has 0 heterocycles. The van der Waals surface area contributed by atoms with E-state index in [1.165, 1.54) is 0 Å². The second kappa shape index (κ2) is 4.44. The van der Waals surface area contributed by atoms with Gasteiger partial charge in [0.25, 0.3) is 0 Å². The van der Waals surface area contributed by atoms with Crippen LogP contribution < -0.4 is 5.73 Å². The summed E-state index contributed by atoms with van der Waals surface area (Å²) in [5.74, 6) is 0. The quantitative estimate of drug-likeness (QED) is 0.704. The molecule has 0 fully saturated rings. The van der Waals surface area contributed by atoms with Crippen molar-refractivity contribution in [2.45, 2.75) is 12.5 Å². The molecule has 1 aromatic rings. The van der Waals surface area contributed by atoms with Crippen LogP contribution in [0.3, 0.4) is 0 Å². The van der Waals surface area contributed by atoms with E-state index >= 15 is 0 Å². The second-order valence-corrected chi connectivity index (χ2v) is 2.93.